The van der Waals surface area contributed by atoms with Gasteiger partial charge in [-0.2, -0.15) is 0 Å². The number of fused-ring (bicyclic) bond motifs is 1. The minimum atomic E-state index is -0.775. The van der Waals surface area contributed by atoms with Crippen LogP contribution in [0.5, 0.6) is 5.75 Å². The number of carboxylic acids is 1. The zero-order chi connectivity index (χ0) is 14.9. The second-order valence-electron chi connectivity index (χ2n) is 5.67. The van der Waals surface area contributed by atoms with Crippen molar-refractivity contribution in [1.82, 2.24) is 4.57 Å². The monoisotopic (exact) mass is 275 g/mol. The molecule has 0 saturated carbocycles. The number of ether oxygens (including phenoxy) is 1. The number of carboxylic acid groups (broad SMARTS) is 1. The summed E-state index contributed by atoms with van der Waals surface area (Å²) in [6.45, 7) is 6.41. The minimum absolute atomic E-state index is 0.507. The molecule has 1 heterocycles. The third-order valence-corrected chi connectivity index (χ3v) is 3.71. The number of hydrogen-bond donors (Lipinski definition) is 1. The lowest BCUT2D eigenvalue weighted by atomic mass is 9.88. The predicted octanol–water partition coefficient (Wildman–Crippen LogP) is 3.32. The number of methoxy groups -OCH3 is 1. The van der Waals surface area contributed by atoms with Crippen LogP contribution in [-0.4, -0.2) is 22.8 Å². The topological polar surface area (TPSA) is 51.5 Å². The Bertz CT molecular complexity index is 640. The third-order valence-electron chi connectivity index (χ3n) is 3.71. The summed E-state index contributed by atoms with van der Waals surface area (Å²) in [5.41, 5.74) is 1.39. The Morgan fingerprint density at radius 2 is 2.05 bits per heavy atom. The first-order valence-corrected chi connectivity index (χ1v) is 6.78. The van der Waals surface area contributed by atoms with Crippen molar-refractivity contribution >= 4 is 16.9 Å². The lowest BCUT2D eigenvalue weighted by Gasteiger charge is -2.20. The second kappa shape index (κ2) is 5.19. The number of hydrogen-bond acceptors (Lipinski definition) is 2. The first-order chi connectivity index (χ1) is 9.39. The first-order valence-electron chi connectivity index (χ1n) is 6.78. The molecule has 0 aliphatic carbocycles. The van der Waals surface area contributed by atoms with Gasteiger partial charge in [0.1, 0.15) is 5.75 Å². The Morgan fingerprint density at radius 3 is 2.60 bits per heavy atom. The maximum atomic E-state index is 11.3. The molecule has 20 heavy (non-hydrogen) atoms. The number of rotatable bonds is 5. The molecule has 0 unspecified atom stereocenters. The van der Waals surface area contributed by atoms with E-state index in [1.165, 1.54) is 0 Å². The molecule has 0 bridgehead atoms. The summed E-state index contributed by atoms with van der Waals surface area (Å²) >= 11 is 0. The molecule has 0 amide bonds. The van der Waals surface area contributed by atoms with E-state index in [1.807, 2.05) is 18.2 Å². The zero-order valence-electron chi connectivity index (χ0n) is 12.4. The maximum Gasteiger partial charge on any atom is 0.309 e. The molecule has 1 aromatic carbocycles. The minimum Gasteiger partial charge on any atom is -0.497 e. The molecule has 0 fully saturated rings. The van der Waals surface area contributed by atoms with Gasteiger partial charge in [-0.3, -0.25) is 4.79 Å². The summed E-state index contributed by atoms with van der Waals surface area (Å²) in [7, 11) is 1.65. The van der Waals surface area contributed by atoms with Crippen molar-refractivity contribution in [3.63, 3.8) is 0 Å². The SMILES string of the molecule is CCn1c(CC(C)(C)C(=O)O)cc2cc(OC)ccc21. The van der Waals surface area contributed by atoms with E-state index in [4.69, 9.17) is 4.74 Å². The number of aliphatic carboxylic acids is 1. The van der Waals surface area contributed by atoms with Crippen molar-refractivity contribution in [2.45, 2.75) is 33.7 Å². The van der Waals surface area contributed by atoms with Gasteiger partial charge in [-0.1, -0.05) is 0 Å². The van der Waals surface area contributed by atoms with E-state index in [9.17, 15) is 9.90 Å². The summed E-state index contributed by atoms with van der Waals surface area (Å²) in [5.74, 6) is 0.0396. The van der Waals surface area contributed by atoms with E-state index in [-0.39, 0.29) is 0 Å². The lowest BCUT2D eigenvalue weighted by molar-refractivity contribution is -0.146. The Labute approximate surface area is 119 Å². The fraction of sp³-hybridized carbons (Fsp3) is 0.438. The van der Waals surface area contributed by atoms with E-state index in [0.717, 1.165) is 28.9 Å². The molecule has 1 N–H and O–H groups in total. The van der Waals surface area contributed by atoms with Gasteiger partial charge >= 0.3 is 5.97 Å². The molecule has 0 aliphatic heterocycles. The average Bonchev–Trinajstić information content (AvgIpc) is 2.73. The Balaban J connectivity index is 2.50. The van der Waals surface area contributed by atoms with E-state index < -0.39 is 11.4 Å². The van der Waals surface area contributed by atoms with Crippen molar-refractivity contribution in [2.75, 3.05) is 7.11 Å². The number of aryl methyl sites for hydroxylation is 1. The van der Waals surface area contributed by atoms with Crippen LogP contribution in [0.1, 0.15) is 26.5 Å². The Kier molecular flexibility index (Phi) is 3.75. The van der Waals surface area contributed by atoms with Gasteiger partial charge < -0.3 is 14.4 Å². The Morgan fingerprint density at radius 1 is 1.35 bits per heavy atom. The summed E-state index contributed by atoms with van der Waals surface area (Å²) in [6, 6.07) is 8.00. The van der Waals surface area contributed by atoms with Gasteiger partial charge in [-0.05, 0) is 45.0 Å². The number of nitrogens with zero attached hydrogens (tertiary/aromatic N) is 1. The summed E-state index contributed by atoms with van der Waals surface area (Å²) < 4.78 is 7.41. The Hall–Kier alpha value is -1.97. The molecule has 0 spiro atoms. The third kappa shape index (κ3) is 2.50. The van der Waals surface area contributed by atoms with Gasteiger partial charge in [0.05, 0.1) is 12.5 Å². The molecule has 0 atom stereocenters. The molecule has 0 aliphatic rings. The molecule has 0 saturated heterocycles. The van der Waals surface area contributed by atoms with Gasteiger partial charge in [-0.15, -0.1) is 0 Å². The van der Waals surface area contributed by atoms with Crippen LogP contribution in [0.15, 0.2) is 24.3 Å². The molecular formula is C16H21NO3. The highest BCUT2D eigenvalue weighted by Crippen LogP contribution is 2.29. The van der Waals surface area contributed by atoms with Crippen LogP contribution >= 0.6 is 0 Å². The molecule has 1 aromatic heterocycles. The fourth-order valence-corrected chi connectivity index (χ4v) is 2.48. The first kappa shape index (κ1) is 14.4. The van der Waals surface area contributed by atoms with Crippen molar-refractivity contribution in [2.24, 2.45) is 5.41 Å². The predicted molar refractivity (Wildman–Crippen MR) is 79.3 cm³/mol. The van der Waals surface area contributed by atoms with E-state index in [1.54, 1.807) is 21.0 Å². The molecular weight excluding hydrogens is 254 g/mol. The standard InChI is InChI=1S/C16H21NO3/c1-5-17-12(10-16(2,3)15(18)19)8-11-9-13(20-4)6-7-14(11)17/h6-9H,5,10H2,1-4H3,(H,18,19). The highest BCUT2D eigenvalue weighted by atomic mass is 16.5. The van der Waals surface area contributed by atoms with Crippen LogP contribution < -0.4 is 4.74 Å². The second-order valence-corrected chi connectivity index (χ2v) is 5.67. The van der Waals surface area contributed by atoms with Crippen molar-refractivity contribution in [3.8, 4) is 5.75 Å². The molecule has 2 rings (SSSR count). The normalized spacial score (nSPS) is 11.8. The van der Waals surface area contributed by atoms with Gasteiger partial charge in [0.15, 0.2) is 0 Å². The molecule has 2 aromatic rings. The van der Waals surface area contributed by atoms with Gasteiger partial charge in [0.25, 0.3) is 0 Å². The zero-order valence-corrected chi connectivity index (χ0v) is 12.4. The van der Waals surface area contributed by atoms with Crippen LogP contribution in [0.25, 0.3) is 10.9 Å². The average molecular weight is 275 g/mol. The lowest BCUT2D eigenvalue weighted by Crippen LogP contribution is -2.27. The molecule has 4 nitrogen and oxygen atoms in total. The maximum absolute atomic E-state index is 11.3. The largest absolute Gasteiger partial charge is 0.497 e. The smallest absolute Gasteiger partial charge is 0.309 e. The van der Waals surface area contributed by atoms with Crippen molar-refractivity contribution < 1.29 is 14.6 Å². The fourth-order valence-electron chi connectivity index (χ4n) is 2.48. The molecule has 4 heteroatoms. The van der Waals surface area contributed by atoms with Crippen LogP contribution in [0.3, 0.4) is 0 Å². The van der Waals surface area contributed by atoms with Crippen LogP contribution in [0, 0.1) is 5.41 Å². The quantitative estimate of drug-likeness (QED) is 0.910. The van der Waals surface area contributed by atoms with Crippen LogP contribution in [-0.2, 0) is 17.8 Å². The molecule has 108 valence electrons. The van der Waals surface area contributed by atoms with E-state index in [2.05, 4.69) is 17.6 Å². The number of aromatic nitrogens is 1. The summed E-state index contributed by atoms with van der Waals surface area (Å²) in [5, 5.41) is 10.4. The highest BCUT2D eigenvalue weighted by Gasteiger charge is 2.29. The van der Waals surface area contributed by atoms with Crippen molar-refractivity contribution in [1.29, 1.82) is 0 Å². The van der Waals surface area contributed by atoms with Crippen molar-refractivity contribution in [3.05, 3.63) is 30.0 Å². The van der Waals surface area contributed by atoms with Crippen LogP contribution in [0.4, 0.5) is 0 Å². The van der Waals surface area contributed by atoms with E-state index in [0.29, 0.717) is 6.42 Å². The number of carbonyl (C=O) groups is 1. The number of benzene rings is 1. The highest BCUT2D eigenvalue weighted by molar-refractivity contribution is 5.83. The van der Waals surface area contributed by atoms with Crippen LogP contribution in [0.2, 0.25) is 0 Å². The van der Waals surface area contributed by atoms with Gasteiger partial charge in [0, 0.05) is 29.6 Å². The summed E-state index contributed by atoms with van der Waals surface area (Å²) in [4.78, 5) is 11.3. The van der Waals surface area contributed by atoms with E-state index >= 15 is 0 Å². The molecule has 0 radical (unpaired) electrons. The van der Waals surface area contributed by atoms with Gasteiger partial charge in [-0.25, -0.2) is 0 Å². The summed E-state index contributed by atoms with van der Waals surface area (Å²) in [6.07, 6.45) is 0.507. The van der Waals surface area contributed by atoms with Gasteiger partial charge in [0.2, 0.25) is 0 Å².